The Morgan fingerprint density at radius 3 is 1.42 bits per heavy atom. The van der Waals surface area contributed by atoms with Gasteiger partial charge in [-0.25, -0.2) is 9.67 Å². The van der Waals surface area contributed by atoms with Crippen molar-refractivity contribution in [3.05, 3.63) is 311 Å². The molecule has 8 heteroatoms. The van der Waals surface area contributed by atoms with Gasteiger partial charge in [0.2, 0.25) is 5.91 Å². The number of nitrogens with zero attached hydrogens (tertiary/aromatic N) is 4. The lowest BCUT2D eigenvalue weighted by Crippen LogP contribution is -2.39. The first-order chi connectivity index (χ1) is 35.5. The predicted octanol–water partition coefficient (Wildman–Crippen LogP) is 13.5. The smallest absolute Gasteiger partial charge is 0.225 e. The molecule has 0 aliphatic heterocycles. The largest absolute Gasteiger partial charge is 0.397 e. The van der Waals surface area contributed by atoms with Crippen molar-refractivity contribution in [1.82, 2.24) is 20.0 Å². The Balaban J connectivity index is 1.19. The van der Waals surface area contributed by atoms with Gasteiger partial charge in [0.1, 0.15) is 22.4 Å². The summed E-state index contributed by atoms with van der Waals surface area (Å²) in [4.78, 5) is 20.7. The number of nitrogens with one attached hydrogen (secondary N) is 2. The Kier molecular flexibility index (Phi) is 12.5. The molecular formula is C64H51N7O. The molecule has 8 nitrogen and oxygen atoms in total. The molecule has 72 heavy (non-hydrogen) atoms. The average Bonchev–Trinajstić information content (AvgIpc) is 3.88. The maximum atomic E-state index is 15.0. The van der Waals surface area contributed by atoms with Crippen LogP contribution in [-0.4, -0.2) is 25.9 Å². The van der Waals surface area contributed by atoms with Crippen molar-refractivity contribution >= 4 is 34.3 Å². The summed E-state index contributed by atoms with van der Waals surface area (Å²) >= 11 is 0. The lowest BCUT2D eigenvalue weighted by atomic mass is 9.76. The van der Waals surface area contributed by atoms with E-state index in [0.29, 0.717) is 28.4 Å². The number of nitrogens with two attached hydrogens (primary N) is 1. The zero-order chi connectivity index (χ0) is 48.7. The van der Waals surface area contributed by atoms with Crippen LogP contribution < -0.4 is 16.4 Å². The fraction of sp³-hybridized carbons (Fsp3) is 0.0625. The molecule has 0 fully saturated rings. The number of hydrogen-bond acceptors (Lipinski definition) is 6. The van der Waals surface area contributed by atoms with E-state index in [0.717, 1.165) is 55.6 Å². The number of nitrogen functional groups attached to an aromatic ring is 1. The molecule has 2 aromatic heterocycles. The van der Waals surface area contributed by atoms with Crippen LogP contribution in [0.25, 0.3) is 22.3 Å². The van der Waals surface area contributed by atoms with Gasteiger partial charge in [0, 0.05) is 17.9 Å². The number of hydrogen-bond donors (Lipinski definition) is 3. The zero-order valence-electron chi connectivity index (χ0n) is 39.5. The van der Waals surface area contributed by atoms with Crippen LogP contribution in [0.15, 0.2) is 267 Å². The van der Waals surface area contributed by atoms with E-state index in [1.165, 1.54) is 0 Å². The van der Waals surface area contributed by atoms with Gasteiger partial charge in [-0.2, -0.15) is 0 Å². The summed E-state index contributed by atoms with van der Waals surface area (Å²) in [6, 6.07) is 90.6. The van der Waals surface area contributed by atoms with Gasteiger partial charge < -0.3 is 16.4 Å². The highest BCUT2D eigenvalue weighted by molar-refractivity contribution is 6.00. The van der Waals surface area contributed by atoms with E-state index in [-0.39, 0.29) is 12.3 Å². The zero-order valence-corrected chi connectivity index (χ0v) is 39.5. The standard InChI is InChI=1S/C64H51N7O/c65-57-43-25-42-54(46-26-9-1-10-27-46)60(57)67-59(72)45-55(47-28-11-2-12-29-47)56-44-58(68-63(48-30-13-3-14-31-48,49-32-15-4-16-33-49)50-34-17-5-18-35-50)66-62-61(56)69-70-71(62)64(51-36-19-6-20-37-51,52-38-21-7-22-39-52)53-40-23-8-24-41-53/h1-44,55H,45,65H2,(H,66,68)(H,67,72)/t55-/m1/s1. The highest BCUT2D eigenvalue weighted by atomic mass is 16.1. The maximum Gasteiger partial charge on any atom is 0.225 e. The second-order valence-electron chi connectivity index (χ2n) is 17.9. The van der Waals surface area contributed by atoms with E-state index in [2.05, 4.69) is 174 Å². The van der Waals surface area contributed by atoms with Crippen LogP contribution in [0.1, 0.15) is 56.8 Å². The van der Waals surface area contributed by atoms with Crippen molar-refractivity contribution in [3.63, 3.8) is 0 Å². The average molecular weight is 934 g/mol. The number of amides is 1. The van der Waals surface area contributed by atoms with Crippen molar-refractivity contribution in [2.75, 3.05) is 16.4 Å². The van der Waals surface area contributed by atoms with E-state index in [1.54, 1.807) is 0 Å². The van der Waals surface area contributed by atoms with Gasteiger partial charge in [0.05, 0.1) is 11.4 Å². The fourth-order valence-corrected chi connectivity index (χ4v) is 10.4. The molecule has 1 amide bonds. The second-order valence-corrected chi connectivity index (χ2v) is 17.9. The molecular weight excluding hydrogens is 883 g/mol. The Morgan fingerprint density at radius 1 is 0.514 bits per heavy atom. The number of fused-ring (bicyclic) bond motifs is 1. The second kappa shape index (κ2) is 19.9. The minimum absolute atomic E-state index is 0.0421. The lowest BCUT2D eigenvalue weighted by Gasteiger charge is -2.38. The number of aromatic nitrogens is 4. The van der Waals surface area contributed by atoms with Crippen LogP contribution in [0.3, 0.4) is 0 Å². The van der Waals surface area contributed by atoms with Crippen LogP contribution in [-0.2, 0) is 15.9 Å². The summed E-state index contributed by atoms with van der Waals surface area (Å²) in [7, 11) is 0. The molecule has 9 aromatic carbocycles. The number of anilines is 3. The summed E-state index contributed by atoms with van der Waals surface area (Å²) in [5, 5.41) is 17.7. The van der Waals surface area contributed by atoms with Gasteiger partial charge in [-0.3, -0.25) is 4.79 Å². The molecule has 2 heterocycles. The minimum Gasteiger partial charge on any atom is -0.397 e. The third kappa shape index (κ3) is 8.35. The quantitative estimate of drug-likeness (QED) is 0.0698. The van der Waals surface area contributed by atoms with Crippen molar-refractivity contribution in [1.29, 1.82) is 0 Å². The van der Waals surface area contributed by atoms with Crippen molar-refractivity contribution in [2.45, 2.75) is 23.4 Å². The van der Waals surface area contributed by atoms with Crippen LogP contribution >= 0.6 is 0 Å². The number of carbonyl (C=O) groups is 1. The van der Waals surface area contributed by atoms with E-state index in [9.17, 15) is 4.79 Å². The lowest BCUT2D eigenvalue weighted by molar-refractivity contribution is -0.116. The molecule has 348 valence electrons. The summed E-state index contributed by atoms with van der Waals surface area (Å²) in [5.74, 6) is -0.197. The molecule has 0 aliphatic carbocycles. The molecule has 0 spiro atoms. The van der Waals surface area contributed by atoms with E-state index in [4.69, 9.17) is 21.0 Å². The first kappa shape index (κ1) is 45.1. The highest BCUT2D eigenvalue weighted by Gasteiger charge is 2.43. The highest BCUT2D eigenvalue weighted by Crippen LogP contribution is 2.45. The maximum absolute atomic E-state index is 15.0. The Hall–Kier alpha value is -9.40. The number of rotatable bonds is 15. The molecule has 11 aromatic rings. The van der Waals surface area contributed by atoms with E-state index >= 15 is 0 Å². The van der Waals surface area contributed by atoms with Gasteiger partial charge in [0.15, 0.2) is 5.65 Å². The van der Waals surface area contributed by atoms with Crippen LogP contribution in [0.2, 0.25) is 0 Å². The Morgan fingerprint density at radius 2 is 0.944 bits per heavy atom. The molecule has 0 saturated carbocycles. The topological polar surface area (TPSA) is 111 Å². The summed E-state index contributed by atoms with van der Waals surface area (Å²) in [6.45, 7) is 0. The van der Waals surface area contributed by atoms with Crippen LogP contribution in [0.5, 0.6) is 0 Å². The van der Waals surface area contributed by atoms with E-state index in [1.807, 2.05) is 108 Å². The summed E-state index contributed by atoms with van der Waals surface area (Å²) < 4.78 is 1.98. The predicted molar refractivity (Wildman–Crippen MR) is 291 cm³/mol. The van der Waals surface area contributed by atoms with Crippen molar-refractivity contribution in [3.8, 4) is 11.1 Å². The molecule has 0 aliphatic rings. The third-order valence-electron chi connectivity index (χ3n) is 13.7. The molecule has 11 rings (SSSR count). The molecule has 4 N–H and O–H groups in total. The normalized spacial score (nSPS) is 12.0. The SMILES string of the molecule is Nc1cccc(-c2ccccc2)c1NC(=O)C[C@H](c1ccccc1)c1cc(NC(c2ccccc2)(c2ccccc2)c2ccccc2)nc2c1nnn2C(c1ccccc1)(c1ccccc1)c1ccccc1. The van der Waals surface area contributed by atoms with Crippen molar-refractivity contribution < 1.29 is 4.79 Å². The van der Waals surface area contributed by atoms with Gasteiger partial charge in [-0.15, -0.1) is 5.10 Å². The van der Waals surface area contributed by atoms with Gasteiger partial charge in [-0.05, 0) is 62.2 Å². The summed E-state index contributed by atoms with van der Waals surface area (Å²) in [5.41, 5.74) is 16.2. The van der Waals surface area contributed by atoms with Crippen molar-refractivity contribution in [2.24, 2.45) is 0 Å². The van der Waals surface area contributed by atoms with Gasteiger partial charge in [-0.1, -0.05) is 260 Å². The number of carbonyl (C=O) groups excluding carboxylic acids is 1. The number of para-hydroxylation sites is 1. The summed E-state index contributed by atoms with van der Waals surface area (Å²) in [6.07, 6.45) is 0.0421. The molecule has 0 saturated heterocycles. The Bertz CT molecular complexity index is 3370. The molecule has 0 radical (unpaired) electrons. The first-order valence-electron chi connectivity index (χ1n) is 24.2. The van der Waals surface area contributed by atoms with Crippen LogP contribution in [0, 0.1) is 0 Å². The number of pyridine rings is 1. The Labute approximate surface area is 419 Å². The minimum atomic E-state index is -1.06. The molecule has 0 bridgehead atoms. The fourth-order valence-electron chi connectivity index (χ4n) is 10.4. The van der Waals surface area contributed by atoms with Gasteiger partial charge in [0.25, 0.3) is 0 Å². The molecule has 0 unspecified atom stereocenters. The number of benzene rings is 9. The third-order valence-corrected chi connectivity index (χ3v) is 13.7. The van der Waals surface area contributed by atoms with E-state index < -0.39 is 17.0 Å². The molecule has 1 atom stereocenters. The van der Waals surface area contributed by atoms with Gasteiger partial charge >= 0.3 is 0 Å². The monoisotopic (exact) mass is 933 g/mol. The van der Waals surface area contributed by atoms with Crippen LogP contribution in [0.4, 0.5) is 17.2 Å². The first-order valence-corrected chi connectivity index (χ1v) is 24.2.